The molecule has 2 aromatic heterocycles. The van der Waals surface area contributed by atoms with Crippen LogP contribution in [0.2, 0.25) is 0 Å². The topological polar surface area (TPSA) is 46.3 Å². The molecule has 0 amide bonds. The Hall–Kier alpha value is -3.21. The molecule has 0 unspecified atom stereocenters. The van der Waals surface area contributed by atoms with Crippen LogP contribution in [0.25, 0.3) is 5.65 Å². The Balaban J connectivity index is 1.47. The molecule has 5 rings (SSSR count). The average molecular weight is 341 g/mol. The molecule has 0 atom stereocenters. The summed E-state index contributed by atoms with van der Waals surface area (Å²) in [7, 11) is 0. The summed E-state index contributed by atoms with van der Waals surface area (Å²) in [5, 5.41) is 13.5. The van der Waals surface area contributed by atoms with Crippen molar-refractivity contribution >= 4 is 11.5 Å². The van der Waals surface area contributed by atoms with Gasteiger partial charge in [-0.2, -0.15) is 4.52 Å². The van der Waals surface area contributed by atoms with Crippen molar-refractivity contribution in [1.29, 1.82) is 0 Å². The van der Waals surface area contributed by atoms with Gasteiger partial charge in [0.2, 0.25) is 0 Å². The molecular weight excluding hydrogens is 322 g/mol. The summed E-state index contributed by atoms with van der Waals surface area (Å²) in [6.45, 7) is 1.87. The maximum absolute atomic E-state index is 4.85. The molecule has 2 aromatic carbocycles. The zero-order valence-corrected chi connectivity index (χ0v) is 14.4. The quantitative estimate of drug-likeness (QED) is 0.574. The summed E-state index contributed by atoms with van der Waals surface area (Å²) in [4.78, 5) is 2.33. The lowest BCUT2D eigenvalue weighted by molar-refractivity contribution is 0.703. The van der Waals surface area contributed by atoms with Crippen LogP contribution in [0.4, 0.5) is 5.82 Å². The van der Waals surface area contributed by atoms with Crippen molar-refractivity contribution in [3.63, 3.8) is 0 Å². The highest BCUT2D eigenvalue weighted by Crippen LogP contribution is 2.23. The standard InChI is InChI=1S/C21H19N5/c1-2-6-16(7-3-1)14-21-23-22-19-10-11-20(24-26(19)21)25-13-12-17-8-4-5-9-18(17)15-25/h1-11H,12-15H2. The van der Waals surface area contributed by atoms with Crippen LogP contribution in [0, 0.1) is 0 Å². The van der Waals surface area contributed by atoms with Crippen LogP contribution in [0.3, 0.4) is 0 Å². The van der Waals surface area contributed by atoms with Gasteiger partial charge in [0.25, 0.3) is 0 Å². The summed E-state index contributed by atoms with van der Waals surface area (Å²) < 4.78 is 1.88. The van der Waals surface area contributed by atoms with E-state index in [0.29, 0.717) is 0 Å². The Bertz CT molecular complexity index is 1050. The molecule has 0 saturated heterocycles. The van der Waals surface area contributed by atoms with Crippen molar-refractivity contribution in [2.75, 3.05) is 11.4 Å². The molecule has 0 bridgehead atoms. The number of aromatic nitrogens is 4. The Labute approximate surface area is 151 Å². The van der Waals surface area contributed by atoms with Crippen molar-refractivity contribution in [1.82, 2.24) is 19.8 Å². The molecule has 5 heteroatoms. The molecule has 0 spiro atoms. The largest absolute Gasteiger partial charge is 0.351 e. The lowest BCUT2D eigenvalue weighted by Crippen LogP contribution is -2.31. The third kappa shape index (κ3) is 2.71. The Morgan fingerprint density at radius 1 is 0.808 bits per heavy atom. The summed E-state index contributed by atoms with van der Waals surface area (Å²) in [6.07, 6.45) is 1.77. The maximum Gasteiger partial charge on any atom is 0.178 e. The Morgan fingerprint density at radius 3 is 2.50 bits per heavy atom. The molecule has 128 valence electrons. The Kier molecular flexibility index (Phi) is 3.63. The second-order valence-electron chi connectivity index (χ2n) is 6.68. The summed E-state index contributed by atoms with van der Waals surface area (Å²) in [5.41, 5.74) is 4.82. The average Bonchev–Trinajstić information content (AvgIpc) is 3.10. The normalized spacial score (nSPS) is 13.8. The fraction of sp³-hybridized carbons (Fsp3) is 0.190. The van der Waals surface area contributed by atoms with Crippen LogP contribution in [0.1, 0.15) is 22.5 Å². The van der Waals surface area contributed by atoms with E-state index in [-0.39, 0.29) is 0 Å². The zero-order valence-electron chi connectivity index (χ0n) is 14.4. The van der Waals surface area contributed by atoms with E-state index in [9.17, 15) is 0 Å². The molecule has 0 saturated carbocycles. The van der Waals surface area contributed by atoms with Gasteiger partial charge >= 0.3 is 0 Å². The molecule has 5 nitrogen and oxygen atoms in total. The van der Waals surface area contributed by atoms with Gasteiger partial charge < -0.3 is 4.90 Å². The zero-order chi connectivity index (χ0) is 17.3. The van der Waals surface area contributed by atoms with E-state index in [1.807, 2.05) is 34.8 Å². The first kappa shape index (κ1) is 15.1. The molecule has 1 aliphatic heterocycles. The minimum absolute atomic E-state index is 0.724. The fourth-order valence-electron chi connectivity index (χ4n) is 3.57. The van der Waals surface area contributed by atoms with Gasteiger partial charge in [0.1, 0.15) is 5.82 Å². The van der Waals surface area contributed by atoms with Crippen LogP contribution in [0.15, 0.2) is 66.7 Å². The van der Waals surface area contributed by atoms with Gasteiger partial charge in [-0.05, 0) is 35.2 Å². The molecule has 4 aromatic rings. The smallest absolute Gasteiger partial charge is 0.178 e. The first-order valence-corrected chi connectivity index (χ1v) is 8.94. The van der Waals surface area contributed by atoms with E-state index in [4.69, 9.17) is 5.10 Å². The van der Waals surface area contributed by atoms with Crippen molar-refractivity contribution in [2.24, 2.45) is 0 Å². The number of hydrogen-bond acceptors (Lipinski definition) is 4. The number of nitrogens with zero attached hydrogens (tertiary/aromatic N) is 5. The van der Waals surface area contributed by atoms with Crippen LogP contribution >= 0.6 is 0 Å². The molecule has 0 aliphatic carbocycles. The number of anilines is 1. The first-order valence-electron chi connectivity index (χ1n) is 8.94. The summed E-state index contributed by atoms with van der Waals surface area (Å²) in [5.74, 6) is 1.84. The highest BCUT2D eigenvalue weighted by Gasteiger charge is 2.18. The van der Waals surface area contributed by atoms with E-state index in [1.165, 1.54) is 16.7 Å². The van der Waals surface area contributed by atoms with Crippen molar-refractivity contribution in [3.8, 4) is 0 Å². The molecule has 3 heterocycles. The van der Waals surface area contributed by atoms with Crippen molar-refractivity contribution in [2.45, 2.75) is 19.4 Å². The molecule has 26 heavy (non-hydrogen) atoms. The fourth-order valence-corrected chi connectivity index (χ4v) is 3.57. The predicted octanol–water partition coefficient (Wildman–Crippen LogP) is 3.28. The van der Waals surface area contributed by atoms with Gasteiger partial charge in [0, 0.05) is 19.5 Å². The molecule has 0 radical (unpaired) electrons. The highest BCUT2D eigenvalue weighted by molar-refractivity contribution is 5.48. The van der Waals surface area contributed by atoms with Crippen LogP contribution in [-0.4, -0.2) is 26.4 Å². The number of benzene rings is 2. The van der Waals surface area contributed by atoms with Gasteiger partial charge in [-0.1, -0.05) is 54.6 Å². The minimum Gasteiger partial charge on any atom is -0.351 e. The predicted molar refractivity (Wildman–Crippen MR) is 101 cm³/mol. The van der Waals surface area contributed by atoms with Gasteiger partial charge in [-0.25, -0.2) is 0 Å². The lowest BCUT2D eigenvalue weighted by Gasteiger charge is -2.29. The Morgan fingerprint density at radius 2 is 1.62 bits per heavy atom. The SMILES string of the molecule is c1ccc(Cc2nnc3ccc(N4CCc5ccccc5C4)nn23)cc1. The summed E-state index contributed by atoms with van der Waals surface area (Å²) in [6, 6.07) is 23.0. The van der Waals surface area contributed by atoms with E-state index in [2.05, 4.69) is 51.5 Å². The molecule has 1 aliphatic rings. The molecular formula is C21H19N5. The van der Waals surface area contributed by atoms with Gasteiger partial charge in [0.05, 0.1) is 0 Å². The monoisotopic (exact) mass is 341 g/mol. The second kappa shape index (κ2) is 6.26. The van der Waals surface area contributed by atoms with Gasteiger partial charge in [0.15, 0.2) is 11.5 Å². The van der Waals surface area contributed by atoms with E-state index < -0.39 is 0 Å². The van der Waals surface area contributed by atoms with Gasteiger partial charge in [-0.3, -0.25) is 0 Å². The van der Waals surface area contributed by atoms with Crippen LogP contribution in [0.5, 0.6) is 0 Å². The van der Waals surface area contributed by atoms with Crippen molar-refractivity contribution < 1.29 is 0 Å². The molecule has 0 N–H and O–H groups in total. The van der Waals surface area contributed by atoms with Crippen molar-refractivity contribution in [3.05, 3.63) is 89.2 Å². The van der Waals surface area contributed by atoms with E-state index in [0.717, 1.165) is 43.2 Å². The van der Waals surface area contributed by atoms with E-state index in [1.54, 1.807) is 0 Å². The van der Waals surface area contributed by atoms with E-state index >= 15 is 0 Å². The van der Waals surface area contributed by atoms with Gasteiger partial charge in [-0.15, -0.1) is 15.3 Å². The van der Waals surface area contributed by atoms with Crippen LogP contribution in [-0.2, 0) is 19.4 Å². The lowest BCUT2D eigenvalue weighted by atomic mass is 10.00. The summed E-state index contributed by atoms with van der Waals surface area (Å²) >= 11 is 0. The molecule has 0 fully saturated rings. The minimum atomic E-state index is 0.724. The van der Waals surface area contributed by atoms with Crippen LogP contribution < -0.4 is 4.90 Å². The maximum atomic E-state index is 4.85. The third-order valence-corrected chi connectivity index (χ3v) is 4.97. The third-order valence-electron chi connectivity index (χ3n) is 4.97. The number of hydrogen-bond donors (Lipinski definition) is 0. The number of fused-ring (bicyclic) bond motifs is 2. The highest BCUT2D eigenvalue weighted by atomic mass is 15.4. The first-order chi connectivity index (χ1) is 12.9. The number of rotatable bonds is 3. The second-order valence-corrected chi connectivity index (χ2v) is 6.68.